The standard InChI is InChI=1S/C16H11N5O/c17-9-10-14(12-6-3-4-8-18-12)21-13-7-2-1-5-11(13)19-16(21)20-15(10)22/h1-8,10,14H,(H,19,20,22)/t10-,14+/m1/s1. The third-order valence-corrected chi connectivity index (χ3v) is 3.84. The fraction of sp³-hybridized carbons (Fsp3) is 0.125. The highest BCUT2D eigenvalue weighted by atomic mass is 16.2. The molecular weight excluding hydrogens is 278 g/mol. The third kappa shape index (κ3) is 1.69. The summed E-state index contributed by atoms with van der Waals surface area (Å²) in [5.41, 5.74) is 2.32. The number of nitrogens with one attached hydrogen (secondary N) is 1. The van der Waals surface area contributed by atoms with E-state index in [1.165, 1.54) is 0 Å². The van der Waals surface area contributed by atoms with Gasteiger partial charge in [0.2, 0.25) is 11.9 Å². The molecule has 2 aromatic heterocycles. The highest BCUT2D eigenvalue weighted by Crippen LogP contribution is 2.36. The fourth-order valence-corrected chi connectivity index (χ4v) is 2.88. The Morgan fingerprint density at radius 3 is 2.77 bits per heavy atom. The monoisotopic (exact) mass is 289 g/mol. The Labute approximate surface area is 126 Å². The van der Waals surface area contributed by atoms with Crippen LogP contribution in [0.2, 0.25) is 0 Å². The molecule has 0 fully saturated rings. The summed E-state index contributed by atoms with van der Waals surface area (Å²) in [6.07, 6.45) is 1.66. The van der Waals surface area contributed by atoms with Gasteiger partial charge in [-0.3, -0.25) is 19.7 Å². The summed E-state index contributed by atoms with van der Waals surface area (Å²) in [6.45, 7) is 0. The Balaban J connectivity index is 2.03. The van der Waals surface area contributed by atoms with Gasteiger partial charge in [0.05, 0.1) is 22.8 Å². The van der Waals surface area contributed by atoms with Crippen molar-refractivity contribution in [3.8, 4) is 6.07 Å². The van der Waals surface area contributed by atoms with Crippen LogP contribution in [0.1, 0.15) is 11.7 Å². The van der Waals surface area contributed by atoms with E-state index in [1.54, 1.807) is 12.3 Å². The lowest BCUT2D eigenvalue weighted by atomic mass is 9.94. The fourth-order valence-electron chi connectivity index (χ4n) is 2.88. The number of pyridine rings is 1. The number of para-hydroxylation sites is 2. The van der Waals surface area contributed by atoms with Gasteiger partial charge in [-0.2, -0.15) is 5.26 Å². The van der Waals surface area contributed by atoms with Crippen LogP contribution in [-0.2, 0) is 4.79 Å². The van der Waals surface area contributed by atoms with Crippen molar-refractivity contribution in [2.75, 3.05) is 5.32 Å². The summed E-state index contributed by atoms with van der Waals surface area (Å²) in [5.74, 6) is -0.741. The van der Waals surface area contributed by atoms with E-state index in [2.05, 4.69) is 21.4 Å². The predicted octanol–water partition coefficient (Wildman–Crippen LogP) is 2.11. The summed E-state index contributed by atoms with van der Waals surface area (Å²) in [5, 5.41) is 12.2. The normalized spacial score (nSPS) is 20.2. The van der Waals surface area contributed by atoms with Gasteiger partial charge in [-0.1, -0.05) is 18.2 Å². The zero-order valence-corrected chi connectivity index (χ0v) is 11.5. The lowest BCUT2D eigenvalue weighted by Crippen LogP contribution is -2.37. The lowest BCUT2D eigenvalue weighted by Gasteiger charge is -2.29. The number of imidazole rings is 1. The Kier molecular flexibility index (Phi) is 2.66. The third-order valence-electron chi connectivity index (χ3n) is 3.84. The molecule has 1 aliphatic rings. The second-order valence-electron chi connectivity index (χ2n) is 5.09. The molecule has 106 valence electrons. The number of benzene rings is 1. The van der Waals surface area contributed by atoms with Crippen molar-refractivity contribution in [3.63, 3.8) is 0 Å². The highest BCUT2D eigenvalue weighted by molar-refractivity contribution is 5.97. The molecule has 1 N–H and O–H groups in total. The second kappa shape index (κ2) is 4.67. The van der Waals surface area contributed by atoms with Gasteiger partial charge in [0.1, 0.15) is 6.04 Å². The predicted molar refractivity (Wildman–Crippen MR) is 79.8 cm³/mol. The molecular formula is C16H11N5O. The first-order valence-electron chi connectivity index (χ1n) is 6.88. The number of hydrogen-bond acceptors (Lipinski definition) is 4. The Bertz CT molecular complexity index is 909. The van der Waals surface area contributed by atoms with Crippen LogP contribution in [0, 0.1) is 17.2 Å². The number of anilines is 1. The van der Waals surface area contributed by atoms with Crippen molar-refractivity contribution in [2.24, 2.45) is 5.92 Å². The van der Waals surface area contributed by atoms with Crippen LogP contribution in [0.4, 0.5) is 5.95 Å². The average Bonchev–Trinajstić information content (AvgIpc) is 2.92. The largest absolute Gasteiger partial charge is 0.299 e. The van der Waals surface area contributed by atoms with Crippen LogP contribution in [0.25, 0.3) is 11.0 Å². The maximum Gasteiger partial charge on any atom is 0.246 e. The quantitative estimate of drug-likeness (QED) is 0.743. The molecule has 0 saturated heterocycles. The van der Waals surface area contributed by atoms with Gasteiger partial charge >= 0.3 is 0 Å². The van der Waals surface area contributed by atoms with Crippen LogP contribution < -0.4 is 5.32 Å². The topological polar surface area (TPSA) is 83.6 Å². The number of hydrogen-bond donors (Lipinski definition) is 1. The van der Waals surface area contributed by atoms with Crippen LogP contribution in [0.15, 0.2) is 48.7 Å². The van der Waals surface area contributed by atoms with Gasteiger partial charge in [-0.15, -0.1) is 0 Å². The minimum absolute atomic E-state index is 0.346. The maximum atomic E-state index is 12.2. The molecule has 1 aliphatic heterocycles. The first-order valence-corrected chi connectivity index (χ1v) is 6.88. The van der Waals surface area contributed by atoms with Crippen molar-refractivity contribution in [1.82, 2.24) is 14.5 Å². The summed E-state index contributed by atoms with van der Waals surface area (Å²) >= 11 is 0. The Hall–Kier alpha value is -3.20. The number of carbonyl (C=O) groups excluding carboxylic acids is 1. The number of nitrogens with zero attached hydrogens (tertiary/aromatic N) is 4. The van der Waals surface area contributed by atoms with Crippen LogP contribution in [0.3, 0.4) is 0 Å². The number of amides is 1. The first-order chi connectivity index (χ1) is 10.8. The number of aromatic nitrogens is 3. The molecule has 0 aliphatic carbocycles. The second-order valence-corrected chi connectivity index (χ2v) is 5.09. The minimum atomic E-state index is -0.847. The molecule has 3 heterocycles. The summed E-state index contributed by atoms with van der Waals surface area (Å²) < 4.78 is 1.88. The molecule has 6 nitrogen and oxygen atoms in total. The zero-order chi connectivity index (χ0) is 15.1. The number of carbonyl (C=O) groups is 1. The summed E-state index contributed by atoms with van der Waals surface area (Å²) in [7, 11) is 0. The molecule has 1 amide bonds. The smallest absolute Gasteiger partial charge is 0.246 e. The van der Waals surface area contributed by atoms with Crippen molar-refractivity contribution in [1.29, 1.82) is 5.26 Å². The van der Waals surface area contributed by atoms with E-state index in [-0.39, 0.29) is 5.91 Å². The Morgan fingerprint density at radius 2 is 2.00 bits per heavy atom. The number of rotatable bonds is 1. The summed E-state index contributed by atoms with van der Waals surface area (Å²) in [4.78, 5) is 21.0. The average molecular weight is 289 g/mol. The molecule has 6 heteroatoms. The van der Waals surface area contributed by atoms with Gasteiger partial charge < -0.3 is 0 Å². The van der Waals surface area contributed by atoms with Crippen LogP contribution >= 0.6 is 0 Å². The molecule has 0 unspecified atom stereocenters. The van der Waals surface area contributed by atoms with E-state index in [9.17, 15) is 10.1 Å². The van der Waals surface area contributed by atoms with Gasteiger partial charge in [0, 0.05) is 6.20 Å². The van der Waals surface area contributed by atoms with Gasteiger partial charge in [0.25, 0.3) is 0 Å². The summed E-state index contributed by atoms with van der Waals surface area (Å²) in [6, 6.07) is 14.7. The molecule has 0 spiro atoms. The SMILES string of the molecule is N#C[C@H]1C(=O)Nc2nc3ccccc3n2[C@@H]1c1ccccn1. The Morgan fingerprint density at radius 1 is 1.18 bits per heavy atom. The van der Waals surface area contributed by atoms with E-state index < -0.39 is 12.0 Å². The van der Waals surface area contributed by atoms with Crippen LogP contribution in [0.5, 0.6) is 0 Å². The van der Waals surface area contributed by atoms with Gasteiger partial charge in [-0.25, -0.2) is 4.98 Å². The van der Waals surface area contributed by atoms with Crippen molar-refractivity contribution in [2.45, 2.75) is 6.04 Å². The first kappa shape index (κ1) is 12.5. The maximum absolute atomic E-state index is 12.2. The molecule has 0 bridgehead atoms. The highest BCUT2D eigenvalue weighted by Gasteiger charge is 2.39. The molecule has 4 rings (SSSR count). The molecule has 22 heavy (non-hydrogen) atoms. The molecule has 0 radical (unpaired) electrons. The van der Waals surface area contributed by atoms with Gasteiger partial charge in [0.15, 0.2) is 5.92 Å². The van der Waals surface area contributed by atoms with Gasteiger partial charge in [-0.05, 0) is 24.3 Å². The molecule has 1 aromatic carbocycles. The van der Waals surface area contributed by atoms with E-state index in [0.717, 1.165) is 11.0 Å². The van der Waals surface area contributed by atoms with E-state index in [1.807, 2.05) is 41.0 Å². The van der Waals surface area contributed by atoms with Crippen molar-refractivity contribution >= 4 is 22.9 Å². The number of fused-ring (bicyclic) bond motifs is 3. The van der Waals surface area contributed by atoms with E-state index in [4.69, 9.17) is 0 Å². The molecule has 2 atom stereocenters. The zero-order valence-electron chi connectivity index (χ0n) is 11.5. The van der Waals surface area contributed by atoms with E-state index in [0.29, 0.717) is 11.6 Å². The molecule has 3 aromatic rings. The number of nitriles is 1. The minimum Gasteiger partial charge on any atom is -0.299 e. The molecule has 0 saturated carbocycles. The van der Waals surface area contributed by atoms with E-state index >= 15 is 0 Å². The van der Waals surface area contributed by atoms with Crippen molar-refractivity contribution < 1.29 is 4.79 Å². The van der Waals surface area contributed by atoms with Crippen LogP contribution in [-0.4, -0.2) is 20.4 Å². The van der Waals surface area contributed by atoms with Crippen molar-refractivity contribution in [3.05, 3.63) is 54.4 Å². The lowest BCUT2D eigenvalue weighted by molar-refractivity contribution is -0.119.